The lowest BCUT2D eigenvalue weighted by atomic mass is 10.2. The maximum Gasteiger partial charge on any atom is 0.226 e. The number of carbonyl (C=O) groups is 1. The molecule has 0 aliphatic heterocycles. The summed E-state index contributed by atoms with van der Waals surface area (Å²) >= 11 is 1.60. The molecule has 142 valence electrons. The van der Waals surface area contributed by atoms with Gasteiger partial charge in [-0.05, 0) is 37.6 Å². The molecule has 4 rings (SSSR count). The number of rotatable bonds is 7. The highest BCUT2D eigenvalue weighted by atomic mass is 32.1. The van der Waals surface area contributed by atoms with E-state index in [2.05, 4.69) is 25.4 Å². The fourth-order valence-corrected chi connectivity index (χ4v) is 3.79. The lowest BCUT2D eigenvalue weighted by Gasteiger charge is -2.10. The highest BCUT2D eigenvalue weighted by Gasteiger charge is 2.15. The minimum absolute atomic E-state index is 0.0150. The molecule has 1 atom stereocenters. The fourth-order valence-electron chi connectivity index (χ4n) is 2.82. The average Bonchev–Trinajstić information content (AvgIpc) is 3.36. The van der Waals surface area contributed by atoms with E-state index in [-0.39, 0.29) is 11.9 Å². The maximum atomic E-state index is 12.2. The minimum atomic E-state index is -0.120. The van der Waals surface area contributed by atoms with Gasteiger partial charge in [0.15, 0.2) is 0 Å². The molecule has 1 amide bonds. The van der Waals surface area contributed by atoms with E-state index in [1.165, 1.54) is 0 Å². The number of benzene rings is 1. The summed E-state index contributed by atoms with van der Waals surface area (Å²) in [5.41, 5.74) is 1.77. The normalized spacial score (nSPS) is 12.2. The Kier molecular flexibility index (Phi) is 5.38. The molecular formula is C20H19N5O2S. The van der Waals surface area contributed by atoms with Crippen LogP contribution < -0.4 is 5.32 Å². The van der Waals surface area contributed by atoms with Crippen LogP contribution in [0.25, 0.3) is 21.6 Å². The molecule has 1 aromatic carbocycles. The van der Waals surface area contributed by atoms with Gasteiger partial charge in [0.05, 0.1) is 16.3 Å². The molecule has 0 saturated heterocycles. The van der Waals surface area contributed by atoms with E-state index < -0.39 is 0 Å². The van der Waals surface area contributed by atoms with E-state index in [0.29, 0.717) is 31.0 Å². The Morgan fingerprint density at radius 2 is 2.11 bits per heavy atom. The fraction of sp³-hybridized carbons (Fsp3) is 0.250. The summed E-state index contributed by atoms with van der Waals surface area (Å²) in [5, 5.41) is 7.88. The molecule has 0 aliphatic carbocycles. The molecule has 4 aromatic rings. The first-order chi connectivity index (χ1) is 13.7. The molecule has 3 aromatic heterocycles. The number of carbonyl (C=O) groups excluding carboxylic acids is 1. The van der Waals surface area contributed by atoms with Crippen LogP contribution in [-0.4, -0.2) is 26.0 Å². The third-order valence-corrected chi connectivity index (χ3v) is 5.46. The molecule has 0 bridgehead atoms. The molecule has 0 saturated carbocycles. The molecule has 28 heavy (non-hydrogen) atoms. The van der Waals surface area contributed by atoms with Gasteiger partial charge < -0.3 is 9.84 Å². The van der Waals surface area contributed by atoms with Crippen molar-refractivity contribution < 1.29 is 9.32 Å². The number of hydrogen-bond donors (Lipinski definition) is 1. The first kappa shape index (κ1) is 18.2. The highest BCUT2D eigenvalue weighted by Crippen LogP contribution is 2.26. The molecule has 1 unspecified atom stereocenters. The van der Waals surface area contributed by atoms with Crippen molar-refractivity contribution in [2.75, 3.05) is 0 Å². The number of thiazole rings is 1. The van der Waals surface area contributed by atoms with Gasteiger partial charge in [0.25, 0.3) is 0 Å². The lowest BCUT2D eigenvalue weighted by molar-refractivity contribution is -0.121. The SMILES string of the molecule is CC(NC(=O)CCCc1nc(-c2cccnc2)no1)c1nc2ccccc2s1. The lowest BCUT2D eigenvalue weighted by Crippen LogP contribution is -2.26. The van der Waals surface area contributed by atoms with E-state index in [0.717, 1.165) is 20.8 Å². The number of hydrogen-bond acceptors (Lipinski definition) is 7. The first-order valence-corrected chi connectivity index (χ1v) is 9.88. The molecule has 0 spiro atoms. The van der Waals surface area contributed by atoms with Crippen molar-refractivity contribution in [3.63, 3.8) is 0 Å². The van der Waals surface area contributed by atoms with Crippen LogP contribution in [-0.2, 0) is 11.2 Å². The summed E-state index contributed by atoms with van der Waals surface area (Å²) in [4.78, 5) is 25.2. The predicted molar refractivity (Wildman–Crippen MR) is 107 cm³/mol. The van der Waals surface area contributed by atoms with Gasteiger partial charge in [-0.15, -0.1) is 11.3 Å². The summed E-state index contributed by atoms with van der Waals surface area (Å²) in [6.07, 6.45) is 4.95. The first-order valence-electron chi connectivity index (χ1n) is 9.07. The van der Waals surface area contributed by atoms with E-state index in [1.54, 1.807) is 23.7 Å². The number of nitrogens with zero attached hydrogens (tertiary/aromatic N) is 4. The molecule has 7 nitrogen and oxygen atoms in total. The van der Waals surface area contributed by atoms with Crippen molar-refractivity contribution in [1.29, 1.82) is 0 Å². The average molecular weight is 393 g/mol. The van der Waals surface area contributed by atoms with Crippen LogP contribution in [0.4, 0.5) is 0 Å². The summed E-state index contributed by atoms with van der Waals surface area (Å²) in [5.74, 6) is 1.02. The Balaban J connectivity index is 1.27. The molecule has 0 fully saturated rings. The molecule has 0 radical (unpaired) electrons. The number of aromatic nitrogens is 4. The van der Waals surface area contributed by atoms with Crippen LogP contribution in [0.1, 0.15) is 36.7 Å². The summed E-state index contributed by atoms with van der Waals surface area (Å²) in [6.45, 7) is 1.95. The molecule has 0 aliphatic rings. The second-order valence-corrected chi connectivity index (χ2v) is 7.48. The van der Waals surface area contributed by atoms with E-state index in [9.17, 15) is 4.79 Å². The van der Waals surface area contributed by atoms with Gasteiger partial charge in [-0.3, -0.25) is 9.78 Å². The van der Waals surface area contributed by atoms with Crippen LogP contribution in [0.2, 0.25) is 0 Å². The van der Waals surface area contributed by atoms with Crippen LogP contribution in [0.3, 0.4) is 0 Å². The maximum absolute atomic E-state index is 12.2. The zero-order chi connectivity index (χ0) is 19.3. The Bertz CT molecular complexity index is 1040. The number of pyridine rings is 1. The highest BCUT2D eigenvalue weighted by molar-refractivity contribution is 7.18. The van der Waals surface area contributed by atoms with Crippen molar-refractivity contribution in [3.05, 3.63) is 59.7 Å². The third-order valence-electron chi connectivity index (χ3n) is 4.24. The Morgan fingerprint density at radius 3 is 2.93 bits per heavy atom. The van der Waals surface area contributed by atoms with Gasteiger partial charge in [0.2, 0.25) is 17.6 Å². The number of fused-ring (bicyclic) bond motifs is 1. The second-order valence-electron chi connectivity index (χ2n) is 6.42. The number of nitrogens with one attached hydrogen (secondary N) is 1. The van der Waals surface area contributed by atoms with Gasteiger partial charge >= 0.3 is 0 Å². The van der Waals surface area contributed by atoms with Gasteiger partial charge in [-0.25, -0.2) is 4.98 Å². The number of amides is 1. The van der Waals surface area contributed by atoms with Crippen molar-refractivity contribution in [1.82, 2.24) is 25.4 Å². The quantitative estimate of drug-likeness (QED) is 0.511. The van der Waals surface area contributed by atoms with Crippen molar-refractivity contribution in [2.24, 2.45) is 0 Å². The zero-order valence-electron chi connectivity index (χ0n) is 15.3. The van der Waals surface area contributed by atoms with Gasteiger partial charge in [0, 0.05) is 30.8 Å². The van der Waals surface area contributed by atoms with Crippen LogP contribution in [0.15, 0.2) is 53.3 Å². The topological polar surface area (TPSA) is 93.8 Å². The number of para-hydroxylation sites is 1. The third kappa shape index (κ3) is 4.23. The van der Waals surface area contributed by atoms with Crippen molar-refractivity contribution in [2.45, 2.75) is 32.2 Å². The van der Waals surface area contributed by atoms with Crippen molar-refractivity contribution in [3.8, 4) is 11.4 Å². The van der Waals surface area contributed by atoms with Gasteiger partial charge in [-0.2, -0.15) is 4.98 Å². The predicted octanol–water partition coefficient (Wildman–Crippen LogP) is 3.94. The Hall–Kier alpha value is -3.13. The van der Waals surface area contributed by atoms with Gasteiger partial charge in [-0.1, -0.05) is 17.3 Å². The van der Waals surface area contributed by atoms with E-state index in [1.807, 2.05) is 43.3 Å². The van der Waals surface area contributed by atoms with Gasteiger partial charge in [0.1, 0.15) is 5.01 Å². The van der Waals surface area contributed by atoms with Crippen LogP contribution >= 0.6 is 11.3 Å². The molecule has 8 heteroatoms. The summed E-state index contributed by atoms with van der Waals surface area (Å²) in [6, 6.07) is 11.5. The smallest absolute Gasteiger partial charge is 0.226 e. The molecule has 1 N–H and O–H groups in total. The number of aryl methyl sites for hydroxylation is 1. The Labute approximate surface area is 165 Å². The zero-order valence-corrected chi connectivity index (χ0v) is 16.1. The molecular weight excluding hydrogens is 374 g/mol. The summed E-state index contributed by atoms with van der Waals surface area (Å²) in [7, 11) is 0. The van der Waals surface area contributed by atoms with Crippen LogP contribution in [0.5, 0.6) is 0 Å². The summed E-state index contributed by atoms with van der Waals surface area (Å²) < 4.78 is 6.38. The van der Waals surface area contributed by atoms with Crippen LogP contribution in [0, 0.1) is 0 Å². The van der Waals surface area contributed by atoms with E-state index in [4.69, 9.17) is 4.52 Å². The minimum Gasteiger partial charge on any atom is -0.347 e. The monoisotopic (exact) mass is 393 g/mol. The largest absolute Gasteiger partial charge is 0.347 e. The molecule has 3 heterocycles. The Morgan fingerprint density at radius 1 is 1.21 bits per heavy atom. The standard InChI is InChI=1S/C20H19N5O2S/c1-13(20-23-15-7-2-3-8-16(15)28-20)22-17(26)9-4-10-18-24-19(25-27-18)14-6-5-11-21-12-14/h2-3,5-8,11-13H,4,9-10H2,1H3,(H,22,26). The van der Waals surface area contributed by atoms with Crippen molar-refractivity contribution >= 4 is 27.5 Å². The second kappa shape index (κ2) is 8.26. The van der Waals surface area contributed by atoms with E-state index >= 15 is 0 Å².